The van der Waals surface area contributed by atoms with Crippen LogP contribution in [0.4, 0.5) is 11.4 Å². The molecule has 122 valence electrons. The molecule has 0 bridgehead atoms. The Morgan fingerprint density at radius 2 is 1.74 bits per heavy atom. The molecule has 0 aliphatic heterocycles. The van der Waals surface area contributed by atoms with E-state index >= 15 is 0 Å². The molecule has 2 aromatic carbocycles. The minimum absolute atomic E-state index is 0.133. The first-order valence-corrected chi connectivity index (χ1v) is 8.83. The van der Waals surface area contributed by atoms with Crippen molar-refractivity contribution in [2.45, 2.75) is 18.7 Å². The summed E-state index contributed by atoms with van der Waals surface area (Å²) in [6, 6.07) is 12.8. The number of rotatable bonds is 5. The highest BCUT2D eigenvalue weighted by Gasteiger charge is 2.25. The third-order valence-electron chi connectivity index (χ3n) is 3.17. The zero-order valence-corrected chi connectivity index (χ0v) is 14.4. The summed E-state index contributed by atoms with van der Waals surface area (Å²) in [5.74, 6) is -0.216. The monoisotopic (exact) mass is 352 g/mol. The highest BCUT2D eigenvalue weighted by molar-refractivity contribution is 7.92. The van der Waals surface area contributed by atoms with E-state index in [1.54, 1.807) is 43.3 Å². The van der Waals surface area contributed by atoms with Crippen molar-refractivity contribution in [3.63, 3.8) is 0 Å². The summed E-state index contributed by atoms with van der Waals surface area (Å²) in [4.78, 5) is 11.2. The topological polar surface area (TPSA) is 66.5 Å². The number of benzene rings is 2. The maximum absolute atomic E-state index is 12.8. The zero-order valence-electron chi connectivity index (χ0n) is 12.8. The molecule has 23 heavy (non-hydrogen) atoms. The van der Waals surface area contributed by atoms with Crippen molar-refractivity contribution < 1.29 is 13.2 Å². The molecule has 0 fully saturated rings. The van der Waals surface area contributed by atoms with Gasteiger partial charge in [-0.3, -0.25) is 9.10 Å². The van der Waals surface area contributed by atoms with Gasteiger partial charge in [0.05, 0.1) is 15.6 Å². The second-order valence-electron chi connectivity index (χ2n) is 4.83. The van der Waals surface area contributed by atoms with Gasteiger partial charge < -0.3 is 5.32 Å². The molecule has 7 heteroatoms. The average Bonchev–Trinajstić information content (AvgIpc) is 2.49. The molecule has 1 amide bonds. The van der Waals surface area contributed by atoms with Gasteiger partial charge in [0, 0.05) is 19.2 Å². The summed E-state index contributed by atoms with van der Waals surface area (Å²) >= 11 is 6.12. The summed E-state index contributed by atoms with van der Waals surface area (Å²) in [5, 5.41) is 2.97. The lowest BCUT2D eigenvalue weighted by atomic mass is 10.3. The molecule has 0 heterocycles. The van der Waals surface area contributed by atoms with E-state index in [1.807, 2.05) is 0 Å². The van der Waals surface area contributed by atoms with E-state index in [-0.39, 0.29) is 17.3 Å². The van der Waals surface area contributed by atoms with Gasteiger partial charge in [-0.2, -0.15) is 0 Å². The molecule has 0 saturated heterocycles. The number of hydrogen-bond donors (Lipinski definition) is 1. The Morgan fingerprint density at radius 3 is 2.26 bits per heavy atom. The molecule has 2 rings (SSSR count). The Labute approximate surface area is 140 Å². The maximum Gasteiger partial charge on any atom is 0.264 e. The van der Waals surface area contributed by atoms with Gasteiger partial charge in [-0.15, -0.1) is 0 Å². The normalized spacial score (nSPS) is 11.1. The van der Waals surface area contributed by atoms with Crippen molar-refractivity contribution in [3.8, 4) is 0 Å². The minimum Gasteiger partial charge on any atom is -0.326 e. The lowest BCUT2D eigenvalue weighted by Crippen LogP contribution is -2.31. The summed E-state index contributed by atoms with van der Waals surface area (Å²) in [7, 11) is -3.74. The summed E-state index contributed by atoms with van der Waals surface area (Å²) in [6.45, 7) is 3.38. The predicted molar refractivity (Wildman–Crippen MR) is 92.4 cm³/mol. The van der Waals surface area contributed by atoms with Gasteiger partial charge in [-0.25, -0.2) is 8.42 Å². The first kappa shape index (κ1) is 17.3. The van der Waals surface area contributed by atoms with Gasteiger partial charge in [-0.05, 0) is 43.3 Å². The number of anilines is 2. The van der Waals surface area contributed by atoms with Crippen molar-refractivity contribution in [2.75, 3.05) is 16.2 Å². The van der Waals surface area contributed by atoms with Crippen LogP contribution in [0.3, 0.4) is 0 Å². The van der Waals surface area contributed by atoms with Gasteiger partial charge in [-0.1, -0.05) is 23.7 Å². The van der Waals surface area contributed by atoms with E-state index in [9.17, 15) is 13.2 Å². The van der Waals surface area contributed by atoms with Crippen LogP contribution in [0.15, 0.2) is 53.4 Å². The van der Waals surface area contributed by atoms with E-state index in [0.717, 1.165) is 0 Å². The summed E-state index contributed by atoms with van der Waals surface area (Å²) in [5.41, 5.74) is 0.972. The first-order chi connectivity index (χ1) is 10.9. The molecule has 5 nitrogen and oxygen atoms in total. The Morgan fingerprint density at radius 1 is 1.13 bits per heavy atom. The van der Waals surface area contributed by atoms with Gasteiger partial charge in [0.2, 0.25) is 5.91 Å². The number of amides is 1. The molecule has 0 atom stereocenters. The molecule has 0 radical (unpaired) electrons. The molecule has 0 aliphatic rings. The number of carbonyl (C=O) groups excluding carboxylic acids is 1. The maximum atomic E-state index is 12.8. The second kappa shape index (κ2) is 7.02. The van der Waals surface area contributed by atoms with Crippen molar-refractivity contribution >= 4 is 38.9 Å². The van der Waals surface area contributed by atoms with Crippen LogP contribution in [0.5, 0.6) is 0 Å². The number of hydrogen-bond acceptors (Lipinski definition) is 3. The van der Waals surface area contributed by atoms with E-state index in [0.29, 0.717) is 16.4 Å². The quantitative estimate of drug-likeness (QED) is 0.895. The van der Waals surface area contributed by atoms with E-state index in [2.05, 4.69) is 5.32 Å². The molecule has 1 N–H and O–H groups in total. The van der Waals surface area contributed by atoms with Crippen LogP contribution >= 0.6 is 11.6 Å². The van der Waals surface area contributed by atoms with Crippen LogP contribution in [0.1, 0.15) is 13.8 Å². The molecule has 0 saturated carbocycles. The van der Waals surface area contributed by atoms with Gasteiger partial charge in [0.25, 0.3) is 10.0 Å². The van der Waals surface area contributed by atoms with Crippen molar-refractivity contribution in [1.29, 1.82) is 0 Å². The largest absolute Gasteiger partial charge is 0.326 e. The van der Waals surface area contributed by atoms with Gasteiger partial charge in [0.15, 0.2) is 0 Å². The van der Waals surface area contributed by atoms with Crippen LogP contribution in [-0.2, 0) is 14.8 Å². The van der Waals surface area contributed by atoms with E-state index in [4.69, 9.17) is 11.6 Å². The number of carbonyl (C=O) groups is 1. The fourth-order valence-corrected chi connectivity index (χ4v) is 3.94. The first-order valence-electron chi connectivity index (χ1n) is 7.01. The highest BCUT2D eigenvalue weighted by atomic mass is 35.5. The lowest BCUT2D eigenvalue weighted by molar-refractivity contribution is -0.114. The Kier molecular flexibility index (Phi) is 5.28. The molecule has 0 aromatic heterocycles. The van der Waals surface area contributed by atoms with Crippen LogP contribution in [-0.4, -0.2) is 20.9 Å². The van der Waals surface area contributed by atoms with Gasteiger partial charge >= 0.3 is 0 Å². The predicted octanol–water partition coefficient (Wildman–Crippen LogP) is 3.51. The van der Waals surface area contributed by atoms with Crippen molar-refractivity contribution in [3.05, 3.63) is 53.6 Å². The number of nitrogens with zero attached hydrogens (tertiary/aromatic N) is 1. The lowest BCUT2D eigenvalue weighted by Gasteiger charge is -2.24. The molecule has 0 spiro atoms. The summed E-state index contributed by atoms with van der Waals surface area (Å²) in [6.07, 6.45) is 0. The molecule has 2 aromatic rings. The molecule has 0 aliphatic carbocycles. The zero-order chi connectivity index (χ0) is 17.0. The van der Waals surface area contributed by atoms with Crippen LogP contribution in [0, 0.1) is 0 Å². The fourth-order valence-electron chi connectivity index (χ4n) is 2.16. The number of halogens is 1. The Balaban J connectivity index is 2.39. The van der Waals surface area contributed by atoms with E-state index < -0.39 is 10.0 Å². The molecular weight excluding hydrogens is 336 g/mol. The van der Waals surface area contributed by atoms with Crippen LogP contribution < -0.4 is 9.62 Å². The van der Waals surface area contributed by atoms with E-state index in [1.165, 1.54) is 23.4 Å². The minimum atomic E-state index is -3.74. The van der Waals surface area contributed by atoms with Crippen molar-refractivity contribution in [1.82, 2.24) is 0 Å². The van der Waals surface area contributed by atoms with Crippen LogP contribution in [0.2, 0.25) is 5.02 Å². The highest BCUT2D eigenvalue weighted by Crippen LogP contribution is 2.30. The Bertz CT molecular complexity index is 804. The molecular formula is C16H17ClN2O3S. The number of para-hydroxylation sites is 1. The average molecular weight is 353 g/mol. The Hall–Kier alpha value is -2.05. The third kappa shape index (κ3) is 3.83. The second-order valence-corrected chi connectivity index (χ2v) is 7.10. The fraction of sp³-hybridized carbons (Fsp3) is 0.188. The summed E-state index contributed by atoms with van der Waals surface area (Å²) < 4.78 is 26.9. The SMILES string of the molecule is CCN(c1ccccc1Cl)S(=O)(=O)c1ccc(NC(C)=O)cc1. The number of sulfonamides is 1. The third-order valence-corrected chi connectivity index (χ3v) is 5.39. The van der Waals surface area contributed by atoms with Crippen LogP contribution in [0.25, 0.3) is 0 Å². The van der Waals surface area contributed by atoms with Crippen molar-refractivity contribution in [2.24, 2.45) is 0 Å². The molecule has 0 unspecified atom stereocenters. The smallest absolute Gasteiger partial charge is 0.264 e. The standard InChI is InChI=1S/C16H17ClN2O3S/c1-3-19(16-7-5-4-6-15(16)17)23(21,22)14-10-8-13(9-11-14)18-12(2)20/h4-11H,3H2,1-2H3,(H,18,20). The van der Waals surface area contributed by atoms with Gasteiger partial charge in [0.1, 0.15) is 0 Å². The number of nitrogens with one attached hydrogen (secondary N) is 1.